The van der Waals surface area contributed by atoms with E-state index in [1.165, 1.54) is 10.4 Å². The zero-order chi connectivity index (χ0) is 20.7. The SMILES string of the molecule is [B][C@@H]1O[C@@]2(CO[Si](c3ccccc3)(c3ccccc3)C(C)(C)C)CO[C@@H]1[C@@H]2OC. The predicted octanol–water partition coefficient (Wildman–Crippen LogP) is 2.24. The summed E-state index contributed by atoms with van der Waals surface area (Å²) >= 11 is 0. The van der Waals surface area contributed by atoms with Gasteiger partial charge in [0.2, 0.25) is 0 Å². The lowest BCUT2D eigenvalue weighted by Crippen LogP contribution is -2.68. The Morgan fingerprint density at radius 3 is 2.03 bits per heavy atom. The lowest BCUT2D eigenvalue weighted by molar-refractivity contribution is -0.135. The van der Waals surface area contributed by atoms with Crippen molar-refractivity contribution in [3.63, 3.8) is 0 Å². The van der Waals surface area contributed by atoms with E-state index in [1.54, 1.807) is 7.11 Å². The molecule has 2 saturated heterocycles. The maximum Gasteiger partial charge on any atom is 0.261 e. The lowest BCUT2D eigenvalue weighted by atomic mass is 9.92. The minimum atomic E-state index is -2.66. The van der Waals surface area contributed by atoms with E-state index in [-0.39, 0.29) is 17.2 Å². The number of methoxy groups -OCH3 is 1. The normalized spacial score (nSPS) is 29.3. The predicted molar refractivity (Wildman–Crippen MR) is 117 cm³/mol. The molecule has 0 aromatic heterocycles. The average molecular weight is 408 g/mol. The molecule has 2 aromatic rings. The summed E-state index contributed by atoms with van der Waals surface area (Å²) in [6.07, 6.45) is -0.474. The lowest BCUT2D eigenvalue weighted by Gasteiger charge is -2.45. The number of hydrogen-bond donors (Lipinski definition) is 0. The van der Waals surface area contributed by atoms with Gasteiger partial charge in [-0.15, -0.1) is 0 Å². The van der Waals surface area contributed by atoms with Gasteiger partial charge in [-0.3, -0.25) is 0 Å². The van der Waals surface area contributed by atoms with Crippen LogP contribution >= 0.6 is 0 Å². The van der Waals surface area contributed by atoms with Crippen LogP contribution in [0.2, 0.25) is 5.04 Å². The van der Waals surface area contributed by atoms with Gasteiger partial charge in [-0.05, 0) is 15.4 Å². The first-order chi connectivity index (χ1) is 13.8. The van der Waals surface area contributed by atoms with Crippen molar-refractivity contribution >= 4 is 26.5 Å². The minimum absolute atomic E-state index is 0.103. The molecule has 2 fully saturated rings. The third kappa shape index (κ3) is 3.31. The molecule has 2 bridgehead atoms. The van der Waals surface area contributed by atoms with Gasteiger partial charge in [0.15, 0.2) is 0 Å². The molecular weight excluding hydrogens is 379 g/mol. The second kappa shape index (κ2) is 7.67. The first kappa shape index (κ1) is 20.8. The highest BCUT2D eigenvalue weighted by Gasteiger charge is 2.62. The largest absolute Gasteiger partial charge is 0.404 e. The maximum absolute atomic E-state index is 7.05. The Kier molecular flexibility index (Phi) is 5.51. The van der Waals surface area contributed by atoms with Crippen LogP contribution in [0, 0.1) is 0 Å². The summed E-state index contributed by atoms with van der Waals surface area (Å²) in [6.45, 7) is 7.60. The van der Waals surface area contributed by atoms with Crippen molar-refractivity contribution in [2.45, 2.75) is 49.6 Å². The van der Waals surface area contributed by atoms with E-state index in [0.717, 1.165) is 0 Å². The topological polar surface area (TPSA) is 36.9 Å². The van der Waals surface area contributed by atoms with Crippen molar-refractivity contribution in [3.8, 4) is 0 Å². The second-order valence-electron chi connectivity index (χ2n) is 9.03. The second-order valence-corrected chi connectivity index (χ2v) is 13.3. The van der Waals surface area contributed by atoms with Gasteiger partial charge in [-0.1, -0.05) is 81.4 Å². The van der Waals surface area contributed by atoms with Gasteiger partial charge in [0.05, 0.1) is 13.2 Å². The van der Waals surface area contributed by atoms with E-state index in [0.29, 0.717) is 13.2 Å². The number of rotatable bonds is 6. The molecule has 152 valence electrons. The molecular formula is C23H29BO4Si. The third-order valence-corrected chi connectivity index (χ3v) is 11.2. The number of fused-ring (bicyclic) bond motifs is 2. The van der Waals surface area contributed by atoms with Crippen molar-refractivity contribution in [1.82, 2.24) is 0 Å². The summed E-state index contributed by atoms with van der Waals surface area (Å²) in [5, 5.41) is 2.37. The van der Waals surface area contributed by atoms with Gasteiger partial charge >= 0.3 is 0 Å². The summed E-state index contributed by atoms with van der Waals surface area (Å²) < 4.78 is 24.8. The van der Waals surface area contributed by atoms with Gasteiger partial charge in [0.25, 0.3) is 8.32 Å². The molecule has 0 N–H and O–H groups in total. The zero-order valence-electron chi connectivity index (χ0n) is 17.6. The highest BCUT2D eigenvalue weighted by Crippen LogP contribution is 2.43. The van der Waals surface area contributed by atoms with E-state index in [2.05, 4.69) is 69.3 Å². The van der Waals surface area contributed by atoms with Crippen LogP contribution in [0.5, 0.6) is 0 Å². The van der Waals surface area contributed by atoms with Crippen molar-refractivity contribution in [3.05, 3.63) is 60.7 Å². The Morgan fingerprint density at radius 1 is 1.03 bits per heavy atom. The number of hydrogen-bond acceptors (Lipinski definition) is 4. The van der Waals surface area contributed by atoms with Gasteiger partial charge in [-0.25, -0.2) is 0 Å². The highest BCUT2D eigenvalue weighted by atomic mass is 28.4. The van der Waals surface area contributed by atoms with Crippen molar-refractivity contribution in [1.29, 1.82) is 0 Å². The number of benzene rings is 2. The fourth-order valence-corrected chi connectivity index (χ4v) is 9.53. The Morgan fingerprint density at radius 2 is 1.59 bits per heavy atom. The summed E-state index contributed by atoms with van der Waals surface area (Å²) in [5.74, 6) is 0. The molecule has 2 aliphatic heterocycles. The molecule has 2 aromatic carbocycles. The fraction of sp³-hybridized carbons (Fsp3) is 0.478. The molecule has 4 nitrogen and oxygen atoms in total. The summed E-state index contributed by atoms with van der Waals surface area (Å²) in [7, 11) is 5.17. The van der Waals surface area contributed by atoms with Crippen molar-refractivity contribution in [2.75, 3.05) is 20.3 Å². The average Bonchev–Trinajstić information content (AvgIpc) is 3.20. The molecule has 6 heteroatoms. The van der Waals surface area contributed by atoms with Crippen LogP contribution in [0.15, 0.2) is 60.7 Å². The Labute approximate surface area is 176 Å². The van der Waals surface area contributed by atoms with Crippen LogP contribution in [0.1, 0.15) is 20.8 Å². The van der Waals surface area contributed by atoms with Crippen LogP contribution in [-0.2, 0) is 18.6 Å². The molecule has 29 heavy (non-hydrogen) atoms. The van der Waals surface area contributed by atoms with Gasteiger partial charge in [0, 0.05) is 13.1 Å². The molecule has 0 saturated carbocycles. The quantitative estimate of drug-likeness (QED) is 0.688. The summed E-state index contributed by atoms with van der Waals surface area (Å²) in [6, 6.07) is 20.7. The molecule has 4 atom stereocenters. The van der Waals surface area contributed by atoms with E-state index in [1.807, 2.05) is 12.1 Å². The Hall–Kier alpha value is -1.44. The Bertz CT molecular complexity index is 786. The van der Waals surface area contributed by atoms with Gasteiger partial charge < -0.3 is 18.6 Å². The molecule has 2 heterocycles. The zero-order valence-corrected chi connectivity index (χ0v) is 18.6. The molecule has 4 rings (SSSR count). The molecule has 2 aliphatic rings. The van der Waals surface area contributed by atoms with Crippen LogP contribution in [0.25, 0.3) is 0 Å². The maximum atomic E-state index is 7.05. The monoisotopic (exact) mass is 408 g/mol. The molecule has 0 amide bonds. The molecule has 0 aliphatic carbocycles. The smallest absolute Gasteiger partial charge is 0.261 e. The van der Waals surface area contributed by atoms with Crippen molar-refractivity contribution < 1.29 is 18.6 Å². The number of ether oxygens (including phenoxy) is 3. The molecule has 0 spiro atoms. The molecule has 2 radical (unpaired) electrons. The first-order valence-corrected chi connectivity index (χ1v) is 12.1. The van der Waals surface area contributed by atoms with E-state index >= 15 is 0 Å². The van der Waals surface area contributed by atoms with Gasteiger partial charge in [0.1, 0.15) is 25.7 Å². The summed E-state index contributed by atoms with van der Waals surface area (Å²) in [5.41, 5.74) is -0.675. The Balaban J connectivity index is 1.78. The van der Waals surface area contributed by atoms with Crippen LogP contribution in [0.4, 0.5) is 0 Å². The highest BCUT2D eigenvalue weighted by molar-refractivity contribution is 6.99. The van der Waals surface area contributed by atoms with Crippen LogP contribution in [-0.4, -0.2) is 60.3 Å². The van der Waals surface area contributed by atoms with E-state index in [9.17, 15) is 0 Å². The van der Waals surface area contributed by atoms with Crippen LogP contribution < -0.4 is 10.4 Å². The first-order valence-electron chi connectivity index (χ1n) is 10.2. The van der Waals surface area contributed by atoms with E-state index < -0.39 is 19.9 Å². The van der Waals surface area contributed by atoms with Crippen LogP contribution in [0.3, 0.4) is 0 Å². The van der Waals surface area contributed by atoms with Crippen molar-refractivity contribution in [2.24, 2.45) is 0 Å². The fourth-order valence-electron chi connectivity index (χ4n) is 4.91. The molecule has 0 unspecified atom stereocenters. The minimum Gasteiger partial charge on any atom is -0.404 e. The van der Waals surface area contributed by atoms with Gasteiger partial charge in [-0.2, -0.15) is 0 Å². The summed E-state index contributed by atoms with van der Waals surface area (Å²) in [4.78, 5) is 0. The third-order valence-electron chi connectivity index (χ3n) is 6.24. The standard InChI is InChI=1S/C23H29BO4Si/c1-22(2,3)29(17-11-7-5-8-12-17,18-13-9-6-10-14-18)27-16-23-15-26-19(20(23)25-4)21(24)28-23/h5-14,19-21H,15-16H2,1-4H3/t19-,20+,21-,23-/m1/s1. The van der Waals surface area contributed by atoms with E-state index in [4.69, 9.17) is 26.5 Å².